The molecule has 0 aromatic carbocycles. The number of hydrogen-bond donors (Lipinski definition) is 1. The van der Waals surface area contributed by atoms with E-state index in [-0.39, 0.29) is 16.7 Å². The zero-order chi connectivity index (χ0) is 11.8. The third-order valence-electron chi connectivity index (χ3n) is 2.20. The van der Waals surface area contributed by atoms with Gasteiger partial charge in [-0.05, 0) is 6.92 Å². The van der Waals surface area contributed by atoms with Gasteiger partial charge in [0.05, 0.1) is 17.7 Å². The zero-order valence-electron chi connectivity index (χ0n) is 8.63. The van der Waals surface area contributed by atoms with E-state index in [1.165, 1.54) is 10.5 Å². The number of carbonyl (C=O) groups excluding carboxylic acids is 1. The molecule has 0 atom stereocenters. The third kappa shape index (κ3) is 2.08. The first-order chi connectivity index (χ1) is 7.50. The normalized spacial score (nSPS) is 18.4. The van der Waals surface area contributed by atoms with E-state index in [1.54, 1.807) is 6.92 Å². The van der Waals surface area contributed by atoms with Crippen molar-refractivity contribution < 1.29 is 13.2 Å². The van der Waals surface area contributed by atoms with Crippen molar-refractivity contribution in [2.75, 3.05) is 19.6 Å². The lowest BCUT2D eigenvalue weighted by atomic mass is 10.4. The van der Waals surface area contributed by atoms with Gasteiger partial charge in [0.2, 0.25) is 5.91 Å². The maximum absolute atomic E-state index is 12.1. The maximum Gasteiger partial charge on any atom is 0.254 e. The van der Waals surface area contributed by atoms with E-state index >= 15 is 0 Å². The highest BCUT2D eigenvalue weighted by Crippen LogP contribution is 2.22. The summed E-state index contributed by atoms with van der Waals surface area (Å²) in [5.74, 6) is -0.268. The maximum atomic E-state index is 12.1. The van der Waals surface area contributed by atoms with Gasteiger partial charge in [-0.25, -0.2) is 13.4 Å². The molecule has 2 rings (SSSR count). The van der Waals surface area contributed by atoms with Crippen molar-refractivity contribution in [2.24, 2.45) is 0 Å². The van der Waals surface area contributed by atoms with E-state index in [0.717, 1.165) is 11.3 Å². The fourth-order valence-electron chi connectivity index (χ4n) is 1.41. The first kappa shape index (κ1) is 11.5. The number of piperazine rings is 1. The van der Waals surface area contributed by atoms with Crippen molar-refractivity contribution in [3.63, 3.8) is 0 Å². The van der Waals surface area contributed by atoms with Crippen molar-refractivity contribution in [2.45, 2.75) is 11.1 Å². The molecule has 1 N–H and O–H groups in total. The standard InChI is InChI=1S/C8H11N3O3S2/c1-6-10-4-8(15-6)16(13,14)11-3-2-9-7(12)5-11/h4H,2-3,5H2,1H3,(H,9,12). The Hall–Kier alpha value is -0.990. The van der Waals surface area contributed by atoms with Crippen LogP contribution in [0.5, 0.6) is 0 Å². The molecule has 1 aliphatic rings. The van der Waals surface area contributed by atoms with E-state index < -0.39 is 10.0 Å². The summed E-state index contributed by atoms with van der Waals surface area (Å²) in [6.45, 7) is 2.30. The topological polar surface area (TPSA) is 79.4 Å². The fourth-order valence-corrected chi connectivity index (χ4v) is 4.07. The second-order valence-corrected chi connectivity index (χ2v) is 6.79. The number of aromatic nitrogens is 1. The minimum absolute atomic E-state index is 0.112. The van der Waals surface area contributed by atoms with Gasteiger partial charge in [-0.1, -0.05) is 0 Å². The van der Waals surface area contributed by atoms with Crippen LogP contribution >= 0.6 is 11.3 Å². The number of aryl methyl sites for hydroxylation is 1. The van der Waals surface area contributed by atoms with E-state index in [0.29, 0.717) is 18.1 Å². The Morgan fingerprint density at radius 2 is 2.31 bits per heavy atom. The van der Waals surface area contributed by atoms with Gasteiger partial charge in [-0.3, -0.25) is 4.79 Å². The van der Waals surface area contributed by atoms with Crippen LogP contribution in [-0.2, 0) is 14.8 Å². The number of nitrogens with one attached hydrogen (secondary N) is 1. The van der Waals surface area contributed by atoms with Crippen molar-refractivity contribution in [3.05, 3.63) is 11.2 Å². The van der Waals surface area contributed by atoms with E-state index in [4.69, 9.17) is 0 Å². The van der Waals surface area contributed by atoms with E-state index in [2.05, 4.69) is 10.3 Å². The average molecular weight is 261 g/mol. The van der Waals surface area contributed by atoms with Gasteiger partial charge in [0.1, 0.15) is 0 Å². The van der Waals surface area contributed by atoms with Crippen LogP contribution in [0.15, 0.2) is 10.4 Å². The van der Waals surface area contributed by atoms with Crippen LogP contribution in [0.3, 0.4) is 0 Å². The summed E-state index contributed by atoms with van der Waals surface area (Å²) in [5.41, 5.74) is 0. The average Bonchev–Trinajstić information content (AvgIpc) is 2.65. The molecule has 0 spiro atoms. The lowest BCUT2D eigenvalue weighted by Gasteiger charge is -2.24. The predicted molar refractivity (Wildman–Crippen MR) is 58.6 cm³/mol. The molecule has 1 aromatic heterocycles. The third-order valence-corrected chi connectivity index (χ3v) is 5.39. The quantitative estimate of drug-likeness (QED) is 0.783. The van der Waals surface area contributed by atoms with Crippen LogP contribution in [-0.4, -0.2) is 43.2 Å². The first-order valence-corrected chi connectivity index (χ1v) is 6.95. The largest absolute Gasteiger partial charge is 0.354 e. The summed E-state index contributed by atoms with van der Waals surface area (Å²) in [4.78, 5) is 15.0. The first-order valence-electron chi connectivity index (χ1n) is 4.69. The molecule has 1 fully saturated rings. The molecule has 1 saturated heterocycles. The molecule has 1 aliphatic heterocycles. The molecule has 6 nitrogen and oxygen atoms in total. The molecular weight excluding hydrogens is 250 g/mol. The number of amides is 1. The van der Waals surface area contributed by atoms with Gasteiger partial charge < -0.3 is 5.32 Å². The van der Waals surface area contributed by atoms with Crippen LogP contribution in [0.2, 0.25) is 0 Å². The van der Waals surface area contributed by atoms with Gasteiger partial charge >= 0.3 is 0 Å². The molecule has 1 aromatic rings. The molecule has 88 valence electrons. The Morgan fingerprint density at radius 3 is 2.88 bits per heavy atom. The minimum atomic E-state index is -3.55. The van der Waals surface area contributed by atoms with Crippen LogP contribution in [0.25, 0.3) is 0 Å². The summed E-state index contributed by atoms with van der Waals surface area (Å²) in [5, 5.41) is 3.28. The molecular formula is C8H11N3O3S2. The summed E-state index contributed by atoms with van der Waals surface area (Å²) in [6, 6.07) is 0. The Balaban J connectivity index is 2.28. The monoisotopic (exact) mass is 261 g/mol. The molecule has 0 aliphatic carbocycles. The SMILES string of the molecule is Cc1ncc(S(=O)(=O)N2CCNC(=O)C2)s1. The van der Waals surface area contributed by atoms with Gasteiger partial charge in [0.15, 0.2) is 4.21 Å². The van der Waals surface area contributed by atoms with Gasteiger partial charge in [-0.15, -0.1) is 11.3 Å². The molecule has 8 heteroatoms. The Labute approximate surface area is 97.3 Å². The summed E-state index contributed by atoms with van der Waals surface area (Å²) in [6.07, 6.45) is 1.34. The number of rotatable bonds is 2. The van der Waals surface area contributed by atoms with E-state index in [1.807, 2.05) is 0 Å². The number of thiazole rings is 1. The van der Waals surface area contributed by atoms with Crippen LogP contribution in [0.4, 0.5) is 0 Å². The Kier molecular flexibility index (Phi) is 2.96. The highest BCUT2D eigenvalue weighted by Gasteiger charge is 2.30. The Bertz CT molecular complexity index is 508. The number of carbonyl (C=O) groups is 1. The number of hydrogen-bond acceptors (Lipinski definition) is 5. The van der Waals surface area contributed by atoms with Crippen LogP contribution in [0.1, 0.15) is 5.01 Å². The molecule has 0 unspecified atom stereocenters. The van der Waals surface area contributed by atoms with Crippen molar-refractivity contribution in [1.82, 2.24) is 14.6 Å². The zero-order valence-corrected chi connectivity index (χ0v) is 10.3. The van der Waals surface area contributed by atoms with Crippen molar-refractivity contribution >= 4 is 27.3 Å². The molecule has 1 amide bonds. The molecule has 16 heavy (non-hydrogen) atoms. The Morgan fingerprint density at radius 1 is 1.56 bits per heavy atom. The van der Waals surface area contributed by atoms with Crippen molar-refractivity contribution in [1.29, 1.82) is 0 Å². The van der Waals surface area contributed by atoms with Crippen LogP contribution in [0, 0.1) is 6.92 Å². The summed E-state index contributed by atoms with van der Waals surface area (Å²) >= 11 is 1.12. The number of nitrogens with zero attached hydrogens (tertiary/aromatic N) is 2. The van der Waals surface area contributed by atoms with E-state index in [9.17, 15) is 13.2 Å². The second-order valence-electron chi connectivity index (χ2n) is 3.39. The fraction of sp³-hybridized carbons (Fsp3) is 0.500. The highest BCUT2D eigenvalue weighted by atomic mass is 32.2. The van der Waals surface area contributed by atoms with Crippen LogP contribution < -0.4 is 5.32 Å². The predicted octanol–water partition coefficient (Wildman–Crippen LogP) is -0.428. The van der Waals surface area contributed by atoms with Gasteiger partial charge in [-0.2, -0.15) is 4.31 Å². The second kappa shape index (κ2) is 4.11. The van der Waals surface area contributed by atoms with Crippen molar-refractivity contribution in [3.8, 4) is 0 Å². The molecule has 0 saturated carbocycles. The number of sulfonamides is 1. The molecule has 0 bridgehead atoms. The highest BCUT2D eigenvalue weighted by molar-refractivity contribution is 7.91. The molecule has 2 heterocycles. The lowest BCUT2D eigenvalue weighted by Crippen LogP contribution is -2.49. The minimum Gasteiger partial charge on any atom is -0.354 e. The molecule has 0 radical (unpaired) electrons. The van der Waals surface area contributed by atoms with Gasteiger partial charge in [0.25, 0.3) is 10.0 Å². The smallest absolute Gasteiger partial charge is 0.254 e. The summed E-state index contributed by atoms with van der Waals surface area (Å²) < 4.78 is 25.5. The summed E-state index contributed by atoms with van der Waals surface area (Å²) in [7, 11) is -3.55. The van der Waals surface area contributed by atoms with Gasteiger partial charge in [0, 0.05) is 13.1 Å². The lowest BCUT2D eigenvalue weighted by molar-refractivity contribution is -0.122.